The van der Waals surface area contributed by atoms with Crippen LogP contribution in [0, 0.1) is 5.82 Å². The zero-order valence-electron chi connectivity index (χ0n) is 19.9. The van der Waals surface area contributed by atoms with Crippen LogP contribution in [0.4, 0.5) is 9.18 Å². The first-order valence-corrected chi connectivity index (χ1v) is 12.7. The van der Waals surface area contributed by atoms with Gasteiger partial charge in [0.25, 0.3) is 5.91 Å². The van der Waals surface area contributed by atoms with Crippen molar-refractivity contribution in [2.45, 2.75) is 45.6 Å². The zero-order chi connectivity index (χ0) is 24.5. The third-order valence-electron chi connectivity index (χ3n) is 6.03. The Morgan fingerprint density at radius 3 is 2.74 bits per heavy atom. The van der Waals surface area contributed by atoms with Gasteiger partial charge in [-0.15, -0.1) is 0 Å². The summed E-state index contributed by atoms with van der Waals surface area (Å²) in [5, 5.41) is 3.25. The van der Waals surface area contributed by atoms with Crippen molar-refractivity contribution in [2.24, 2.45) is 10.7 Å². The van der Waals surface area contributed by atoms with Gasteiger partial charge in [-0.2, -0.15) is 0 Å². The van der Waals surface area contributed by atoms with Gasteiger partial charge in [0.2, 0.25) is 0 Å². The number of nitrogens with two attached hydrogens (primary N) is 1. The second-order valence-corrected chi connectivity index (χ2v) is 9.27. The van der Waals surface area contributed by atoms with E-state index in [0.717, 1.165) is 38.8 Å². The molecule has 1 aromatic carbocycles. The van der Waals surface area contributed by atoms with Gasteiger partial charge in [0, 0.05) is 37.3 Å². The number of likely N-dealkylation sites (tertiary alicyclic amines) is 1. The van der Waals surface area contributed by atoms with Gasteiger partial charge >= 0.3 is 6.09 Å². The highest BCUT2D eigenvalue weighted by Gasteiger charge is 2.28. The van der Waals surface area contributed by atoms with Gasteiger partial charge < -0.3 is 25.6 Å². The van der Waals surface area contributed by atoms with E-state index in [2.05, 4.69) is 29.1 Å². The molecule has 8 nitrogen and oxygen atoms in total. The third kappa shape index (κ3) is 7.04. The number of carbonyl (C=O) groups is 2. The maximum atomic E-state index is 14.0. The number of piperidine rings is 1. The third-order valence-corrected chi connectivity index (χ3v) is 6.98. The Balaban J connectivity index is 1.66. The number of aliphatic imine (C=N–C) groups is 1. The first kappa shape index (κ1) is 26.2. The molecule has 2 amide bonds. The highest BCUT2D eigenvalue weighted by Crippen LogP contribution is 2.30. The standard InChI is InChI=1S/C24H34FN5O3S/c1-3-29(4-2)19-9-13-30(14-10-19)24(32)33-20-16-18(25)8-7-17(20)15-21-22(31)28-23(34-21)27-12-6-5-11-26/h7-8,15-16,19H,3-6,9-14,26H2,1-2H3,(H,27,28,31)/b21-15+. The van der Waals surface area contributed by atoms with Crippen LogP contribution in [0.1, 0.15) is 45.1 Å². The first-order valence-electron chi connectivity index (χ1n) is 11.9. The molecule has 2 aliphatic rings. The predicted molar refractivity (Wildman–Crippen MR) is 134 cm³/mol. The summed E-state index contributed by atoms with van der Waals surface area (Å²) in [6.07, 6.45) is 4.56. The lowest BCUT2D eigenvalue weighted by Gasteiger charge is -2.37. The van der Waals surface area contributed by atoms with Crippen molar-refractivity contribution >= 4 is 35.0 Å². The molecule has 0 bridgehead atoms. The smallest absolute Gasteiger partial charge is 0.409 e. The lowest BCUT2D eigenvalue weighted by molar-refractivity contribution is -0.115. The van der Waals surface area contributed by atoms with E-state index < -0.39 is 11.9 Å². The summed E-state index contributed by atoms with van der Waals surface area (Å²) >= 11 is 1.21. The van der Waals surface area contributed by atoms with Gasteiger partial charge in [-0.1, -0.05) is 13.8 Å². The maximum absolute atomic E-state index is 14.0. The average molecular weight is 492 g/mol. The molecule has 0 atom stereocenters. The molecule has 0 spiro atoms. The molecule has 0 aliphatic carbocycles. The molecule has 3 N–H and O–H groups in total. The van der Waals surface area contributed by atoms with E-state index >= 15 is 0 Å². The predicted octanol–water partition coefficient (Wildman–Crippen LogP) is 3.43. The second kappa shape index (κ2) is 12.9. The molecule has 2 heterocycles. The van der Waals surface area contributed by atoms with Crippen LogP contribution >= 0.6 is 11.8 Å². The molecule has 10 heteroatoms. The summed E-state index contributed by atoms with van der Waals surface area (Å²) in [6, 6.07) is 4.41. The van der Waals surface area contributed by atoms with Crippen LogP contribution in [0.15, 0.2) is 28.1 Å². The lowest BCUT2D eigenvalue weighted by Crippen LogP contribution is -2.47. The second-order valence-electron chi connectivity index (χ2n) is 8.24. The lowest BCUT2D eigenvalue weighted by atomic mass is 10.0. The minimum absolute atomic E-state index is 0.0881. The highest BCUT2D eigenvalue weighted by molar-refractivity contribution is 8.18. The van der Waals surface area contributed by atoms with Crippen LogP contribution < -0.4 is 15.8 Å². The normalized spacial score (nSPS) is 19.3. The van der Waals surface area contributed by atoms with Crippen molar-refractivity contribution in [1.82, 2.24) is 15.1 Å². The maximum Gasteiger partial charge on any atom is 0.415 e. The fraction of sp³-hybridized carbons (Fsp3) is 0.542. The van der Waals surface area contributed by atoms with Crippen molar-refractivity contribution in [1.29, 1.82) is 0 Å². The molecule has 0 saturated carbocycles. The topological polar surface area (TPSA) is 100 Å². The summed E-state index contributed by atoms with van der Waals surface area (Å²) in [6.45, 7) is 8.62. The van der Waals surface area contributed by atoms with Crippen LogP contribution in [0.5, 0.6) is 5.75 Å². The quantitative estimate of drug-likeness (QED) is 0.406. The largest absolute Gasteiger partial charge is 0.415 e. The number of thioether (sulfide) groups is 1. The number of halogens is 1. The Hall–Kier alpha value is -2.43. The molecule has 3 rings (SSSR count). The number of hydrogen-bond acceptors (Lipinski definition) is 7. The number of hydrogen-bond donors (Lipinski definition) is 2. The van der Waals surface area contributed by atoms with Crippen molar-refractivity contribution in [3.63, 3.8) is 0 Å². The Bertz CT molecular complexity index is 927. The summed E-state index contributed by atoms with van der Waals surface area (Å²) in [7, 11) is 0. The minimum atomic E-state index is -0.518. The molecular formula is C24H34FN5O3S. The molecule has 0 unspecified atom stereocenters. The molecule has 0 radical (unpaired) electrons. The fourth-order valence-electron chi connectivity index (χ4n) is 4.11. The molecule has 0 aromatic heterocycles. The van der Waals surface area contributed by atoms with E-state index in [0.29, 0.717) is 47.9 Å². The molecule has 2 saturated heterocycles. The van der Waals surface area contributed by atoms with Gasteiger partial charge in [0.1, 0.15) is 11.6 Å². The van der Waals surface area contributed by atoms with Gasteiger partial charge in [-0.05, 0) is 75.3 Å². The number of benzene rings is 1. The number of nitrogens with zero attached hydrogens (tertiary/aromatic N) is 3. The van der Waals surface area contributed by atoms with Crippen molar-refractivity contribution < 1.29 is 18.7 Å². The fourth-order valence-corrected chi connectivity index (χ4v) is 4.95. The number of ether oxygens (including phenoxy) is 1. The molecule has 34 heavy (non-hydrogen) atoms. The summed E-state index contributed by atoms with van der Waals surface area (Å²) < 4.78 is 19.6. The van der Waals surface area contributed by atoms with E-state index in [4.69, 9.17) is 10.5 Å². The number of carbonyl (C=O) groups excluding carboxylic acids is 2. The molecule has 1 aromatic rings. The van der Waals surface area contributed by atoms with Crippen molar-refractivity contribution in [3.8, 4) is 5.75 Å². The SMILES string of the molecule is CCN(CC)C1CCN(C(=O)Oc2cc(F)ccc2/C=C2/SC(=NCCCCN)NC2=O)CC1. The summed E-state index contributed by atoms with van der Waals surface area (Å²) in [5.74, 6) is -0.719. The van der Waals surface area contributed by atoms with Crippen molar-refractivity contribution in [3.05, 3.63) is 34.5 Å². The van der Waals surface area contributed by atoms with Gasteiger partial charge in [0.15, 0.2) is 5.17 Å². The zero-order valence-corrected chi connectivity index (χ0v) is 20.7. The van der Waals surface area contributed by atoms with Gasteiger partial charge in [-0.3, -0.25) is 9.79 Å². The summed E-state index contributed by atoms with van der Waals surface area (Å²) in [4.78, 5) is 34.0. The van der Waals surface area contributed by atoms with Crippen LogP contribution in [-0.4, -0.2) is 72.3 Å². The molecule has 2 fully saturated rings. The van der Waals surface area contributed by atoms with Crippen molar-refractivity contribution in [2.75, 3.05) is 39.3 Å². The van der Waals surface area contributed by atoms with Crippen LogP contribution in [0.2, 0.25) is 0 Å². The number of rotatable bonds is 9. The van der Waals surface area contributed by atoms with Crippen LogP contribution in [0.25, 0.3) is 6.08 Å². The van der Waals surface area contributed by atoms with Crippen LogP contribution in [-0.2, 0) is 4.79 Å². The first-order chi connectivity index (χ1) is 16.4. The monoisotopic (exact) mass is 491 g/mol. The van der Waals surface area contributed by atoms with E-state index in [1.165, 1.54) is 30.0 Å². The molecular weight excluding hydrogens is 457 g/mol. The number of amides is 2. The van der Waals surface area contributed by atoms with Gasteiger partial charge in [0.05, 0.1) is 4.91 Å². The highest BCUT2D eigenvalue weighted by atomic mass is 32.2. The Kier molecular flexibility index (Phi) is 9.91. The average Bonchev–Trinajstić information content (AvgIpc) is 3.18. The van der Waals surface area contributed by atoms with E-state index in [9.17, 15) is 14.0 Å². The number of unbranched alkanes of at least 4 members (excludes halogenated alkanes) is 1. The molecule has 186 valence electrons. The number of amidine groups is 1. The minimum Gasteiger partial charge on any atom is -0.409 e. The Labute approximate surface area is 204 Å². The Morgan fingerprint density at radius 1 is 1.32 bits per heavy atom. The van der Waals surface area contributed by atoms with E-state index in [1.807, 2.05) is 0 Å². The van der Waals surface area contributed by atoms with E-state index in [1.54, 1.807) is 11.0 Å². The number of nitrogens with one attached hydrogen (secondary N) is 1. The van der Waals surface area contributed by atoms with Gasteiger partial charge in [-0.25, -0.2) is 9.18 Å². The van der Waals surface area contributed by atoms with Crippen LogP contribution in [0.3, 0.4) is 0 Å². The Morgan fingerprint density at radius 2 is 2.06 bits per heavy atom. The summed E-state index contributed by atoms with van der Waals surface area (Å²) in [5.41, 5.74) is 5.94. The van der Waals surface area contributed by atoms with E-state index in [-0.39, 0.29) is 11.7 Å². The molecule has 2 aliphatic heterocycles.